The number of nitrogens with two attached hydrogens (primary N) is 1. The lowest BCUT2D eigenvalue weighted by Gasteiger charge is -2.08. The molecular weight excluding hydrogens is 230 g/mol. The summed E-state index contributed by atoms with van der Waals surface area (Å²) in [6.07, 6.45) is 0. The summed E-state index contributed by atoms with van der Waals surface area (Å²) in [5, 5.41) is 13.9. The van der Waals surface area contributed by atoms with Gasteiger partial charge in [-0.3, -0.25) is 10.1 Å². The molecular formula is C13H13N3O2. The van der Waals surface area contributed by atoms with Crippen molar-refractivity contribution in [3.63, 3.8) is 0 Å². The monoisotopic (exact) mass is 243 g/mol. The van der Waals surface area contributed by atoms with E-state index in [0.717, 1.165) is 11.3 Å². The summed E-state index contributed by atoms with van der Waals surface area (Å²) in [4.78, 5) is 10.5. The third-order valence-corrected chi connectivity index (χ3v) is 2.51. The van der Waals surface area contributed by atoms with Crippen LogP contribution >= 0.6 is 0 Å². The first-order chi connectivity index (χ1) is 8.56. The Bertz CT molecular complexity index is 597. The molecule has 3 N–H and O–H groups in total. The van der Waals surface area contributed by atoms with Crippen molar-refractivity contribution in [3.8, 4) is 0 Å². The first-order valence-corrected chi connectivity index (χ1v) is 5.44. The van der Waals surface area contributed by atoms with Gasteiger partial charge in [0.25, 0.3) is 5.69 Å². The zero-order chi connectivity index (χ0) is 13.1. The van der Waals surface area contributed by atoms with Crippen LogP contribution in [0.4, 0.5) is 22.7 Å². The Morgan fingerprint density at radius 1 is 1.22 bits per heavy atom. The normalized spacial score (nSPS) is 10.1. The smallest absolute Gasteiger partial charge is 0.292 e. The first kappa shape index (κ1) is 11.9. The Morgan fingerprint density at radius 2 is 2.00 bits per heavy atom. The molecule has 0 aliphatic heterocycles. The van der Waals surface area contributed by atoms with Gasteiger partial charge in [-0.05, 0) is 36.8 Å². The number of hydrogen-bond acceptors (Lipinski definition) is 4. The highest BCUT2D eigenvalue weighted by Gasteiger charge is 2.13. The second-order valence-corrected chi connectivity index (χ2v) is 4.03. The second kappa shape index (κ2) is 4.75. The fraction of sp³-hybridized carbons (Fsp3) is 0.0769. The van der Waals surface area contributed by atoms with E-state index in [0.29, 0.717) is 11.4 Å². The second-order valence-electron chi connectivity index (χ2n) is 4.03. The lowest BCUT2D eigenvalue weighted by atomic mass is 10.2. The molecule has 0 unspecified atom stereocenters. The molecule has 5 heteroatoms. The highest BCUT2D eigenvalue weighted by Crippen LogP contribution is 2.28. The SMILES string of the molecule is Cc1ccc([N+](=O)[O-])c(Nc2cccc(N)c2)c1. The van der Waals surface area contributed by atoms with Crippen LogP contribution in [-0.2, 0) is 0 Å². The molecule has 2 aromatic rings. The number of aryl methyl sites for hydroxylation is 1. The van der Waals surface area contributed by atoms with Crippen LogP contribution in [0.15, 0.2) is 42.5 Å². The number of nitrogens with zero attached hydrogens (tertiary/aromatic N) is 1. The molecule has 0 radical (unpaired) electrons. The van der Waals surface area contributed by atoms with Crippen LogP contribution in [-0.4, -0.2) is 4.92 Å². The summed E-state index contributed by atoms with van der Waals surface area (Å²) in [6.45, 7) is 1.88. The van der Waals surface area contributed by atoms with Gasteiger partial charge in [-0.15, -0.1) is 0 Å². The number of nitro benzene ring substituents is 1. The molecule has 2 rings (SSSR count). The molecule has 0 saturated carbocycles. The molecule has 0 heterocycles. The largest absolute Gasteiger partial charge is 0.399 e. The number of anilines is 3. The average molecular weight is 243 g/mol. The maximum Gasteiger partial charge on any atom is 0.292 e. The van der Waals surface area contributed by atoms with Crippen molar-refractivity contribution >= 4 is 22.7 Å². The Hall–Kier alpha value is -2.56. The highest BCUT2D eigenvalue weighted by atomic mass is 16.6. The van der Waals surface area contributed by atoms with Gasteiger partial charge < -0.3 is 11.1 Å². The average Bonchev–Trinajstić information content (AvgIpc) is 2.28. The fourth-order valence-electron chi connectivity index (χ4n) is 1.68. The van der Waals surface area contributed by atoms with Crippen molar-refractivity contribution in [3.05, 3.63) is 58.1 Å². The van der Waals surface area contributed by atoms with Gasteiger partial charge in [-0.1, -0.05) is 12.1 Å². The van der Waals surface area contributed by atoms with E-state index in [1.54, 1.807) is 30.3 Å². The predicted molar refractivity (Wildman–Crippen MR) is 72.0 cm³/mol. The van der Waals surface area contributed by atoms with Crippen molar-refractivity contribution in [2.75, 3.05) is 11.1 Å². The standard InChI is InChI=1S/C13H13N3O2/c1-9-5-6-13(16(17)18)12(7-9)15-11-4-2-3-10(14)8-11/h2-8,15H,14H2,1H3. The Labute approximate surface area is 104 Å². The van der Waals surface area contributed by atoms with E-state index >= 15 is 0 Å². The molecule has 0 aliphatic carbocycles. The van der Waals surface area contributed by atoms with Crippen molar-refractivity contribution in [1.82, 2.24) is 0 Å². The fourth-order valence-corrected chi connectivity index (χ4v) is 1.68. The van der Waals surface area contributed by atoms with Gasteiger partial charge in [-0.2, -0.15) is 0 Å². The van der Waals surface area contributed by atoms with Crippen LogP contribution in [0.25, 0.3) is 0 Å². The number of nitrogens with one attached hydrogen (secondary N) is 1. The lowest BCUT2D eigenvalue weighted by molar-refractivity contribution is -0.383. The third-order valence-electron chi connectivity index (χ3n) is 2.51. The minimum absolute atomic E-state index is 0.0445. The van der Waals surface area contributed by atoms with E-state index in [2.05, 4.69) is 5.32 Å². The molecule has 0 bridgehead atoms. The van der Waals surface area contributed by atoms with Gasteiger partial charge in [0.1, 0.15) is 5.69 Å². The van der Waals surface area contributed by atoms with Crippen LogP contribution in [0.2, 0.25) is 0 Å². The minimum Gasteiger partial charge on any atom is -0.399 e. The van der Waals surface area contributed by atoms with Crippen molar-refractivity contribution < 1.29 is 4.92 Å². The summed E-state index contributed by atoms with van der Waals surface area (Å²) in [5.74, 6) is 0. The maximum atomic E-state index is 10.9. The molecule has 0 aromatic heterocycles. The van der Waals surface area contributed by atoms with Gasteiger partial charge in [0, 0.05) is 17.4 Å². The number of rotatable bonds is 3. The molecule has 5 nitrogen and oxygen atoms in total. The number of nitrogen functional groups attached to an aromatic ring is 1. The van der Waals surface area contributed by atoms with E-state index in [4.69, 9.17) is 5.73 Å². The van der Waals surface area contributed by atoms with E-state index in [1.807, 2.05) is 13.0 Å². The van der Waals surface area contributed by atoms with Gasteiger partial charge in [0.05, 0.1) is 4.92 Å². The van der Waals surface area contributed by atoms with Crippen LogP contribution in [0.5, 0.6) is 0 Å². The quantitative estimate of drug-likeness (QED) is 0.492. The molecule has 18 heavy (non-hydrogen) atoms. The molecule has 92 valence electrons. The van der Waals surface area contributed by atoms with Gasteiger partial charge in [-0.25, -0.2) is 0 Å². The Kier molecular flexibility index (Phi) is 3.14. The zero-order valence-corrected chi connectivity index (χ0v) is 9.88. The van der Waals surface area contributed by atoms with Crippen molar-refractivity contribution in [2.45, 2.75) is 6.92 Å². The molecule has 2 aromatic carbocycles. The molecule has 0 amide bonds. The van der Waals surface area contributed by atoms with Crippen LogP contribution in [0.1, 0.15) is 5.56 Å². The molecule has 0 fully saturated rings. The van der Waals surface area contributed by atoms with Crippen molar-refractivity contribution in [1.29, 1.82) is 0 Å². The maximum absolute atomic E-state index is 10.9. The van der Waals surface area contributed by atoms with Crippen molar-refractivity contribution in [2.24, 2.45) is 0 Å². The first-order valence-electron chi connectivity index (χ1n) is 5.44. The van der Waals surface area contributed by atoms with E-state index < -0.39 is 4.92 Å². The van der Waals surface area contributed by atoms with Crippen LogP contribution < -0.4 is 11.1 Å². The van der Waals surface area contributed by atoms with E-state index in [-0.39, 0.29) is 5.69 Å². The molecule has 0 spiro atoms. The van der Waals surface area contributed by atoms with Gasteiger partial charge >= 0.3 is 0 Å². The Balaban J connectivity index is 2.39. The number of benzene rings is 2. The number of hydrogen-bond donors (Lipinski definition) is 2. The summed E-state index contributed by atoms with van der Waals surface area (Å²) < 4.78 is 0. The Morgan fingerprint density at radius 3 is 2.67 bits per heavy atom. The molecule has 0 aliphatic rings. The molecule has 0 saturated heterocycles. The predicted octanol–water partition coefficient (Wildman–Crippen LogP) is 3.23. The topological polar surface area (TPSA) is 81.2 Å². The third kappa shape index (κ3) is 2.57. The van der Waals surface area contributed by atoms with E-state index in [9.17, 15) is 10.1 Å². The van der Waals surface area contributed by atoms with Crippen LogP contribution in [0.3, 0.4) is 0 Å². The van der Waals surface area contributed by atoms with Crippen LogP contribution in [0, 0.1) is 17.0 Å². The van der Waals surface area contributed by atoms with Gasteiger partial charge in [0.15, 0.2) is 0 Å². The molecule has 0 atom stereocenters. The summed E-state index contributed by atoms with van der Waals surface area (Å²) >= 11 is 0. The summed E-state index contributed by atoms with van der Waals surface area (Å²) in [7, 11) is 0. The zero-order valence-electron chi connectivity index (χ0n) is 9.88. The highest BCUT2D eigenvalue weighted by molar-refractivity contribution is 5.71. The summed E-state index contributed by atoms with van der Waals surface area (Å²) in [6, 6.07) is 12.0. The minimum atomic E-state index is -0.409. The van der Waals surface area contributed by atoms with Gasteiger partial charge in [0.2, 0.25) is 0 Å². The lowest BCUT2D eigenvalue weighted by Crippen LogP contribution is -1.98. The van der Waals surface area contributed by atoms with E-state index in [1.165, 1.54) is 6.07 Å². The number of nitro groups is 1. The summed E-state index contributed by atoms with van der Waals surface area (Å²) in [5.41, 5.74) is 8.46.